The summed E-state index contributed by atoms with van der Waals surface area (Å²) >= 11 is 0. The maximum absolute atomic E-state index is 13.3. The van der Waals surface area contributed by atoms with Crippen molar-refractivity contribution in [2.24, 2.45) is 5.92 Å². The number of ether oxygens (including phenoxy) is 1. The molecule has 188 valence electrons. The fourth-order valence-corrected chi connectivity index (χ4v) is 6.91. The Bertz CT molecular complexity index is 1550. The minimum absolute atomic E-state index is 0.0706. The molecule has 4 aromatic rings. The van der Waals surface area contributed by atoms with E-state index in [0.29, 0.717) is 31.7 Å². The first-order valence-electron chi connectivity index (χ1n) is 12.3. The largest absolute Gasteiger partial charge is 0.495 e. The number of fused-ring (bicyclic) bond motifs is 3. The summed E-state index contributed by atoms with van der Waals surface area (Å²) in [5.74, 6) is 0.0163. The Labute approximate surface area is 211 Å². The number of benzene rings is 3. The SMILES string of the molecule is CCn1c2ccccc2c2cc(NC(=O)C3CCN(S(=O)(=O)c4cc(C)ccc4OC)CC3)ccc21. The predicted molar refractivity (Wildman–Crippen MR) is 143 cm³/mol. The number of carbonyl (C=O) groups excluding carboxylic acids is 1. The molecule has 1 aliphatic heterocycles. The van der Waals surface area contributed by atoms with Gasteiger partial charge in [0.2, 0.25) is 15.9 Å². The third kappa shape index (κ3) is 4.24. The summed E-state index contributed by atoms with van der Waals surface area (Å²) in [6.07, 6.45) is 0.938. The van der Waals surface area contributed by atoms with Gasteiger partial charge < -0.3 is 14.6 Å². The Balaban J connectivity index is 1.30. The molecule has 1 aromatic heterocycles. The number of hydrogen-bond donors (Lipinski definition) is 1. The van der Waals surface area contributed by atoms with Crippen molar-refractivity contribution in [2.75, 3.05) is 25.5 Å². The van der Waals surface area contributed by atoms with E-state index in [4.69, 9.17) is 4.74 Å². The number of hydrogen-bond acceptors (Lipinski definition) is 4. The molecule has 1 fully saturated rings. The highest BCUT2D eigenvalue weighted by molar-refractivity contribution is 7.89. The molecule has 1 amide bonds. The second-order valence-corrected chi connectivity index (χ2v) is 11.2. The van der Waals surface area contributed by atoms with Gasteiger partial charge in [0.15, 0.2) is 0 Å². The van der Waals surface area contributed by atoms with Crippen LogP contribution in [0, 0.1) is 12.8 Å². The van der Waals surface area contributed by atoms with Crippen LogP contribution in [0.2, 0.25) is 0 Å². The van der Waals surface area contributed by atoms with Crippen LogP contribution in [0.4, 0.5) is 5.69 Å². The standard InChI is InChI=1S/C28H31N3O4S/c1-4-31-24-8-6-5-7-22(24)23-18-21(10-11-25(23)31)29-28(32)20-13-15-30(16-14-20)36(33,34)27-17-19(2)9-12-26(27)35-3/h5-12,17-18,20H,4,13-16H2,1-3H3,(H,29,32). The Morgan fingerprint density at radius 2 is 1.72 bits per heavy atom. The lowest BCUT2D eigenvalue weighted by molar-refractivity contribution is -0.120. The molecular weight excluding hydrogens is 474 g/mol. The van der Waals surface area contributed by atoms with Crippen molar-refractivity contribution in [3.8, 4) is 5.75 Å². The molecule has 36 heavy (non-hydrogen) atoms. The molecule has 0 aliphatic carbocycles. The number of amides is 1. The van der Waals surface area contributed by atoms with Gasteiger partial charge in [0.05, 0.1) is 7.11 Å². The third-order valence-corrected chi connectivity index (χ3v) is 9.04. The van der Waals surface area contributed by atoms with Crippen LogP contribution in [0.3, 0.4) is 0 Å². The van der Waals surface area contributed by atoms with E-state index in [1.54, 1.807) is 12.1 Å². The molecule has 7 nitrogen and oxygen atoms in total. The fraction of sp³-hybridized carbons (Fsp3) is 0.321. The first kappa shape index (κ1) is 24.3. The second-order valence-electron chi connectivity index (χ2n) is 9.32. The zero-order chi connectivity index (χ0) is 25.4. The van der Waals surface area contributed by atoms with Crippen molar-refractivity contribution < 1.29 is 17.9 Å². The Morgan fingerprint density at radius 1 is 1.00 bits per heavy atom. The molecule has 3 aromatic carbocycles. The zero-order valence-corrected chi connectivity index (χ0v) is 21.6. The van der Waals surface area contributed by atoms with E-state index in [2.05, 4.69) is 35.0 Å². The summed E-state index contributed by atoms with van der Waals surface area (Å²) in [7, 11) is -2.24. The van der Waals surface area contributed by atoms with Crippen molar-refractivity contribution in [1.82, 2.24) is 8.87 Å². The van der Waals surface area contributed by atoms with E-state index in [-0.39, 0.29) is 16.7 Å². The van der Waals surface area contributed by atoms with Gasteiger partial charge in [0.1, 0.15) is 10.6 Å². The normalized spacial score (nSPS) is 15.4. The smallest absolute Gasteiger partial charge is 0.246 e. The van der Waals surface area contributed by atoms with Gasteiger partial charge in [-0.05, 0) is 68.7 Å². The van der Waals surface area contributed by atoms with Crippen LogP contribution >= 0.6 is 0 Å². The van der Waals surface area contributed by atoms with Gasteiger partial charge >= 0.3 is 0 Å². The zero-order valence-electron chi connectivity index (χ0n) is 20.8. The molecule has 0 saturated carbocycles. The van der Waals surface area contributed by atoms with Crippen molar-refractivity contribution in [3.05, 3.63) is 66.2 Å². The average Bonchev–Trinajstić information content (AvgIpc) is 3.21. The average molecular weight is 506 g/mol. The molecule has 8 heteroatoms. The number of aryl methyl sites for hydroxylation is 2. The summed E-state index contributed by atoms with van der Waals surface area (Å²) < 4.78 is 35.6. The van der Waals surface area contributed by atoms with Crippen molar-refractivity contribution in [1.29, 1.82) is 0 Å². The number of para-hydroxylation sites is 1. The first-order chi connectivity index (χ1) is 17.3. The number of piperidine rings is 1. The van der Waals surface area contributed by atoms with Crippen LogP contribution in [-0.2, 0) is 21.4 Å². The van der Waals surface area contributed by atoms with E-state index in [0.717, 1.165) is 34.1 Å². The summed E-state index contributed by atoms with van der Waals surface area (Å²) in [6, 6.07) is 19.5. The highest BCUT2D eigenvalue weighted by Crippen LogP contribution is 2.33. The lowest BCUT2D eigenvalue weighted by Gasteiger charge is -2.31. The number of sulfonamides is 1. The van der Waals surface area contributed by atoms with Crippen LogP contribution in [-0.4, -0.2) is 43.4 Å². The van der Waals surface area contributed by atoms with Gasteiger partial charge in [-0.25, -0.2) is 8.42 Å². The van der Waals surface area contributed by atoms with Crippen LogP contribution in [0.5, 0.6) is 5.75 Å². The Morgan fingerprint density at radius 3 is 2.44 bits per heavy atom. The number of carbonyl (C=O) groups is 1. The number of anilines is 1. The minimum Gasteiger partial charge on any atom is -0.495 e. The molecule has 2 heterocycles. The maximum atomic E-state index is 13.3. The van der Waals surface area contributed by atoms with E-state index in [1.807, 2.05) is 37.3 Å². The molecule has 5 rings (SSSR count). The van der Waals surface area contributed by atoms with Crippen LogP contribution in [0.25, 0.3) is 21.8 Å². The Hall–Kier alpha value is -3.36. The Kier molecular flexibility index (Phi) is 6.49. The van der Waals surface area contributed by atoms with Gasteiger partial charge in [-0.15, -0.1) is 0 Å². The highest BCUT2D eigenvalue weighted by Gasteiger charge is 2.33. The molecule has 0 spiro atoms. The number of nitrogens with zero attached hydrogens (tertiary/aromatic N) is 2. The van der Waals surface area contributed by atoms with Gasteiger partial charge in [-0.1, -0.05) is 24.3 Å². The molecule has 0 unspecified atom stereocenters. The quantitative estimate of drug-likeness (QED) is 0.392. The van der Waals surface area contributed by atoms with Crippen LogP contribution < -0.4 is 10.1 Å². The van der Waals surface area contributed by atoms with E-state index < -0.39 is 10.0 Å². The number of rotatable bonds is 6. The predicted octanol–water partition coefficient (Wildman–Crippen LogP) is 5.17. The second kappa shape index (κ2) is 9.59. The fourth-order valence-electron chi connectivity index (χ4n) is 5.20. The topological polar surface area (TPSA) is 80.6 Å². The summed E-state index contributed by atoms with van der Waals surface area (Å²) in [5, 5.41) is 5.34. The monoisotopic (exact) mass is 505 g/mol. The molecule has 1 N–H and O–H groups in total. The van der Waals surface area contributed by atoms with Gasteiger partial charge in [0.25, 0.3) is 0 Å². The minimum atomic E-state index is -3.71. The maximum Gasteiger partial charge on any atom is 0.246 e. The van der Waals surface area contributed by atoms with Crippen molar-refractivity contribution >= 4 is 43.4 Å². The van der Waals surface area contributed by atoms with Gasteiger partial charge in [-0.2, -0.15) is 4.31 Å². The van der Waals surface area contributed by atoms with Gasteiger partial charge in [-0.3, -0.25) is 4.79 Å². The lowest BCUT2D eigenvalue weighted by Crippen LogP contribution is -2.41. The molecule has 1 aliphatic rings. The number of methoxy groups -OCH3 is 1. The molecule has 0 atom stereocenters. The lowest BCUT2D eigenvalue weighted by atomic mass is 9.97. The van der Waals surface area contributed by atoms with Crippen LogP contribution in [0.15, 0.2) is 65.6 Å². The highest BCUT2D eigenvalue weighted by atomic mass is 32.2. The summed E-state index contributed by atoms with van der Waals surface area (Å²) in [4.78, 5) is 13.3. The van der Waals surface area contributed by atoms with E-state index in [9.17, 15) is 13.2 Å². The summed E-state index contributed by atoms with van der Waals surface area (Å²) in [5.41, 5.74) is 3.92. The molecule has 1 saturated heterocycles. The van der Waals surface area contributed by atoms with Crippen molar-refractivity contribution in [2.45, 2.75) is 38.1 Å². The van der Waals surface area contributed by atoms with E-state index >= 15 is 0 Å². The first-order valence-corrected chi connectivity index (χ1v) is 13.7. The summed E-state index contributed by atoms with van der Waals surface area (Å²) in [6.45, 7) is 5.43. The number of nitrogens with one attached hydrogen (secondary N) is 1. The van der Waals surface area contributed by atoms with Crippen molar-refractivity contribution in [3.63, 3.8) is 0 Å². The van der Waals surface area contributed by atoms with Gasteiger partial charge in [0, 0.05) is 53.0 Å². The van der Waals surface area contributed by atoms with Crippen LogP contribution in [0.1, 0.15) is 25.3 Å². The molecule has 0 bridgehead atoms. The number of aromatic nitrogens is 1. The van der Waals surface area contributed by atoms with E-state index in [1.165, 1.54) is 16.9 Å². The molecular formula is C28H31N3O4S. The molecule has 0 radical (unpaired) electrons. The third-order valence-electron chi connectivity index (χ3n) is 7.12.